The molecule has 2 amide bonds. The van der Waals surface area contributed by atoms with Crippen LogP contribution >= 0.6 is 0 Å². The van der Waals surface area contributed by atoms with Gasteiger partial charge in [-0.15, -0.1) is 0 Å². The second kappa shape index (κ2) is 11.0. The number of rotatable bonds is 10. The second-order valence-corrected chi connectivity index (χ2v) is 6.82. The molecule has 1 unspecified atom stereocenters. The van der Waals surface area contributed by atoms with E-state index in [4.69, 9.17) is 10.8 Å². The van der Waals surface area contributed by atoms with E-state index < -0.39 is 54.6 Å². The van der Waals surface area contributed by atoms with Crippen molar-refractivity contribution in [1.82, 2.24) is 14.8 Å². The lowest BCUT2D eigenvalue weighted by molar-refractivity contribution is -0.159. The molecule has 0 bridgehead atoms. The number of carboxylic acid groups (broad SMARTS) is 1. The molecule has 1 aromatic heterocycles. The van der Waals surface area contributed by atoms with Crippen molar-refractivity contribution >= 4 is 35.4 Å². The molecule has 0 aromatic carbocycles. The summed E-state index contributed by atoms with van der Waals surface area (Å²) in [5.74, 6) is -3.49. The number of esters is 1. The number of nitrogens with two attached hydrogens (primary N) is 1. The number of aliphatic carboxylic acids is 1. The number of hydrogen-bond donors (Lipinski definition) is 3. The van der Waals surface area contributed by atoms with Gasteiger partial charge in [-0.1, -0.05) is 6.07 Å². The molecule has 1 fully saturated rings. The van der Waals surface area contributed by atoms with Crippen LogP contribution in [0.25, 0.3) is 0 Å². The number of carbonyl (C=O) groups is 5. The summed E-state index contributed by atoms with van der Waals surface area (Å²) in [6.45, 7) is -0.486. The lowest BCUT2D eigenvalue weighted by Gasteiger charge is -2.40. The lowest BCUT2D eigenvalue weighted by atomic mass is 10.0. The first-order chi connectivity index (χ1) is 14.7. The number of piperazine rings is 1. The molecular formula is C19H25N5O7. The number of ether oxygens (including phenoxy) is 1. The van der Waals surface area contributed by atoms with Gasteiger partial charge in [-0.05, 0) is 12.1 Å². The third kappa shape index (κ3) is 6.47. The molecule has 2 rings (SSSR count). The Hall–Kier alpha value is -3.54. The normalized spacial score (nSPS) is 17.1. The van der Waals surface area contributed by atoms with Crippen molar-refractivity contribution in [1.29, 1.82) is 0 Å². The van der Waals surface area contributed by atoms with Gasteiger partial charge >= 0.3 is 11.9 Å². The Bertz CT molecular complexity index is 832. The number of nitrogens with zero attached hydrogens (tertiary/aromatic N) is 3. The fourth-order valence-corrected chi connectivity index (χ4v) is 3.11. The first-order valence-corrected chi connectivity index (χ1v) is 9.55. The van der Waals surface area contributed by atoms with E-state index in [-0.39, 0.29) is 26.1 Å². The van der Waals surface area contributed by atoms with E-state index in [9.17, 15) is 24.0 Å². The Morgan fingerprint density at radius 3 is 2.68 bits per heavy atom. The summed E-state index contributed by atoms with van der Waals surface area (Å²) in [6.07, 6.45) is 1.05. The van der Waals surface area contributed by atoms with Gasteiger partial charge in [0.25, 0.3) is 0 Å². The van der Waals surface area contributed by atoms with Gasteiger partial charge in [-0.3, -0.25) is 24.0 Å². The van der Waals surface area contributed by atoms with Gasteiger partial charge < -0.3 is 30.7 Å². The number of pyridine rings is 1. The predicted molar refractivity (Wildman–Crippen MR) is 107 cm³/mol. The summed E-state index contributed by atoms with van der Waals surface area (Å²) >= 11 is 0. The first kappa shape index (κ1) is 23.7. The molecule has 4 N–H and O–H groups in total. The van der Waals surface area contributed by atoms with E-state index in [0.717, 1.165) is 16.9 Å². The smallest absolute Gasteiger partial charge is 0.323 e. The average molecular weight is 435 g/mol. The molecule has 0 radical (unpaired) electrons. The van der Waals surface area contributed by atoms with Crippen molar-refractivity contribution in [3.05, 3.63) is 24.4 Å². The van der Waals surface area contributed by atoms with Crippen LogP contribution in [0.1, 0.15) is 12.8 Å². The highest BCUT2D eigenvalue weighted by atomic mass is 16.5. The van der Waals surface area contributed by atoms with Crippen molar-refractivity contribution in [2.75, 3.05) is 38.6 Å². The molecule has 12 nitrogen and oxygen atoms in total. The summed E-state index contributed by atoms with van der Waals surface area (Å²) in [5, 5.41) is 11.9. The third-order valence-electron chi connectivity index (χ3n) is 4.74. The lowest BCUT2D eigenvalue weighted by Crippen LogP contribution is -2.63. The summed E-state index contributed by atoms with van der Waals surface area (Å²) in [4.78, 5) is 66.7. The van der Waals surface area contributed by atoms with Crippen molar-refractivity contribution in [2.45, 2.75) is 24.9 Å². The molecule has 168 valence electrons. The highest BCUT2D eigenvalue weighted by Gasteiger charge is 2.41. The highest BCUT2D eigenvalue weighted by molar-refractivity contribution is 6.07. The zero-order valence-corrected chi connectivity index (χ0v) is 17.0. The Morgan fingerprint density at radius 2 is 2.06 bits per heavy atom. The molecule has 2 heterocycles. The van der Waals surface area contributed by atoms with E-state index in [1.807, 2.05) is 0 Å². The van der Waals surface area contributed by atoms with E-state index in [1.165, 1.54) is 0 Å². The molecule has 0 spiro atoms. The number of ketones is 1. The summed E-state index contributed by atoms with van der Waals surface area (Å²) < 4.78 is 4.57. The van der Waals surface area contributed by atoms with Gasteiger partial charge in [0.05, 0.1) is 13.5 Å². The predicted octanol–water partition coefficient (Wildman–Crippen LogP) is -1.53. The molecule has 0 saturated carbocycles. The minimum atomic E-state index is -1.52. The van der Waals surface area contributed by atoms with Gasteiger partial charge in [0.15, 0.2) is 5.78 Å². The van der Waals surface area contributed by atoms with Crippen LogP contribution in [0.4, 0.5) is 5.82 Å². The largest absolute Gasteiger partial charge is 0.480 e. The minimum Gasteiger partial charge on any atom is -0.480 e. The van der Waals surface area contributed by atoms with Crippen LogP contribution in [-0.2, 0) is 28.7 Å². The molecule has 0 aliphatic carbocycles. The van der Waals surface area contributed by atoms with Crippen LogP contribution in [0, 0.1) is 0 Å². The number of hydrogen-bond acceptors (Lipinski definition) is 9. The van der Waals surface area contributed by atoms with Gasteiger partial charge in [0.2, 0.25) is 11.8 Å². The van der Waals surface area contributed by atoms with Crippen LogP contribution in [0.3, 0.4) is 0 Å². The Labute approximate surface area is 178 Å². The Kier molecular flexibility index (Phi) is 8.43. The summed E-state index contributed by atoms with van der Waals surface area (Å²) in [7, 11) is 1.13. The third-order valence-corrected chi connectivity index (χ3v) is 4.74. The summed E-state index contributed by atoms with van der Waals surface area (Å²) in [6, 6.07) is 2.42. The number of Topliss-reactive ketones (excluding diaryl/α,β-unsaturated/α-hetero) is 1. The topological polar surface area (TPSA) is 172 Å². The Balaban J connectivity index is 2.03. The highest BCUT2D eigenvalue weighted by Crippen LogP contribution is 2.17. The average Bonchev–Trinajstić information content (AvgIpc) is 2.75. The van der Waals surface area contributed by atoms with Crippen LogP contribution in [0.2, 0.25) is 0 Å². The molecule has 1 aromatic rings. The molecular weight excluding hydrogens is 410 g/mol. The quantitative estimate of drug-likeness (QED) is 0.289. The van der Waals surface area contributed by atoms with E-state index in [1.54, 1.807) is 24.4 Å². The van der Waals surface area contributed by atoms with E-state index >= 15 is 0 Å². The van der Waals surface area contributed by atoms with Crippen LogP contribution in [0.5, 0.6) is 0 Å². The maximum atomic E-state index is 12.8. The van der Waals surface area contributed by atoms with Crippen LogP contribution in [0.15, 0.2) is 24.4 Å². The number of carbonyl (C=O) groups excluding carboxylic acids is 4. The second-order valence-electron chi connectivity index (χ2n) is 6.82. The number of aromatic nitrogens is 1. The molecule has 12 heteroatoms. The number of anilines is 1. The minimum absolute atomic E-state index is 0.0575. The van der Waals surface area contributed by atoms with Gasteiger partial charge in [0, 0.05) is 32.3 Å². The maximum Gasteiger partial charge on any atom is 0.323 e. The molecule has 31 heavy (non-hydrogen) atoms. The zero-order chi connectivity index (χ0) is 23.0. The van der Waals surface area contributed by atoms with Gasteiger partial charge in [-0.25, -0.2) is 4.98 Å². The summed E-state index contributed by atoms with van der Waals surface area (Å²) in [5.41, 5.74) is 5.84. The number of nitrogens with one attached hydrogen (secondary N) is 1. The van der Waals surface area contributed by atoms with Crippen molar-refractivity contribution in [3.8, 4) is 0 Å². The van der Waals surface area contributed by atoms with Crippen molar-refractivity contribution in [2.24, 2.45) is 5.73 Å². The van der Waals surface area contributed by atoms with Gasteiger partial charge in [-0.2, -0.15) is 0 Å². The molecule has 2 atom stereocenters. The zero-order valence-electron chi connectivity index (χ0n) is 17.0. The number of methoxy groups -OCH3 is 1. The number of carboxylic acids is 1. The molecule has 1 aliphatic heterocycles. The molecule has 1 aliphatic rings. The van der Waals surface area contributed by atoms with Crippen LogP contribution in [-0.4, -0.2) is 94.8 Å². The van der Waals surface area contributed by atoms with Crippen LogP contribution < -0.4 is 11.1 Å². The fraction of sp³-hybridized carbons (Fsp3) is 0.474. The van der Waals surface area contributed by atoms with E-state index in [2.05, 4.69) is 15.0 Å². The fourth-order valence-electron chi connectivity index (χ4n) is 3.11. The van der Waals surface area contributed by atoms with Crippen molar-refractivity contribution in [3.63, 3.8) is 0 Å². The Morgan fingerprint density at radius 1 is 1.32 bits per heavy atom. The van der Waals surface area contributed by atoms with Crippen molar-refractivity contribution < 1.29 is 33.8 Å². The first-order valence-electron chi connectivity index (χ1n) is 9.55. The standard InChI is InChI=1S/C19H25N5O7/c1-31-16(28)10-12-18(29)23(11-15(26)27)8-9-24(12)19(30)17(20)13(25)5-7-22-14-4-2-3-6-21-14/h2-4,6,12,17H,5,7-11,20H2,1H3,(H,21,22)(H,26,27)/t12-,17?/m0/s1. The van der Waals surface area contributed by atoms with Gasteiger partial charge in [0.1, 0.15) is 24.4 Å². The van der Waals surface area contributed by atoms with E-state index in [0.29, 0.717) is 5.82 Å². The monoisotopic (exact) mass is 435 g/mol. The molecule has 1 saturated heterocycles. The number of amides is 2. The SMILES string of the molecule is COC(=O)C[C@H]1C(=O)N(CC(=O)O)CCN1C(=O)C(N)C(=O)CCNc1ccccn1. The maximum absolute atomic E-state index is 12.8.